The van der Waals surface area contributed by atoms with Crippen molar-refractivity contribution in [1.82, 2.24) is 14.9 Å². The number of nitrogens with zero attached hydrogens (tertiary/aromatic N) is 3. The van der Waals surface area contributed by atoms with Crippen molar-refractivity contribution in [3.8, 4) is 11.3 Å². The average molecular weight is 625 g/mol. The molecule has 232 valence electrons. The number of aromatic nitrogens is 2. The first-order valence-corrected chi connectivity index (χ1v) is 16.7. The van der Waals surface area contributed by atoms with Gasteiger partial charge in [0.2, 0.25) is 5.95 Å². The largest absolute Gasteiger partial charge is 0.394 e. The Morgan fingerprint density at radius 1 is 0.977 bits per heavy atom. The number of amides is 1. The van der Waals surface area contributed by atoms with Crippen LogP contribution in [0.2, 0.25) is 0 Å². The molecule has 3 fully saturated rings. The molecule has 7 rings (SSSR count). The molecule has 3 aliphatic carbocycles. The van der Waals surface area contributed by atoms with Gasteiger partial charge in [-0.05, 0) is 112 Å². The fourth-order valence-electron chi connectivity index (χ4n) is 7.35. The predicted molar refractivity (Wildman–Crippen MR) is 159 cm³/mol. The van der Waals surface area contributed by atoms with E-state index < -0.39 is 33.6 Å². The summed E-state index contributed by atoms with van der Waals surface area (Å²) in [6, 6.07) is 12.5. The molecule has 1 aliphatic heterocycles. The first-order valence-electron chi connectivity index (χ1n) is 15.3. The van der Waals surface area contributed by atoms with Gasteiger partial charge >= 0.3 is 6.18 Å². The number of nitrogens with one attached hydrogen (secondary N) is 1. The minimum atomic E-state index is -4.37. The van der Waals surface area contributed by atoms with Gasteiger partial charge in [-0.2, -0.15) is 13.2 Å². The Morgan fingerprint density at radius 3 is 2.30 bits per heavy atom. The molecule has 2 aromatic carbocycles. The van der Waals surface area contributed by atoms with E-state index in [1.807, 2.05) is 32.0 Å². The summed E-state index contributed by atoms with van der Waals surface area (Å²) in [5.74, 6) is -0.535. The van der Waals surface area contributed by atoms with Crippen molar-refractivity contribution in [1.29, 1.82) is 0 Å². The molecule has 1 spiro atoms. The SMILES string of the molecule is Cc1cccc(C)c1-c1cc2nc(n1)NS(=O)(=O)c1cccc(c1)C(=O)N(C1CC3(CC3)C1)[C@H](CC1(C(F)(F)F)CC1)CC2. The number of anilines is 1. The number of benzene rings is 2. The summed E-state index contributed by atoms with van der Waals surface area (Å²) in [7, 11) is -4.19. The quantitative estimate of drug-likeness (QED) is 0.338. The highest BCUT2D eigenvalue weighted by Gasteiger charge is 2.64. The van der Waals surface area contributed by atoms with E-state index in [0.29, 0.717) is 11.4 Å². The lowest BCUT2D eigenvalue weighted by Gasteiger charge is -2.48. The first-order chi connectivity index (χ1) is 20.8. The molecule has 3 aromatic rings. The summed E-state index contributed by atoms with van der Waals surface area (Å²) in [5.41, 5.74) is 2.31. The highest BCUT2D eigenvalue weighted by Crippen LogP contribution is 2.64. The van der Waals surface area contributed by atoms with Crippen molar-refractivity contribution in [2.45, 2.75) is 94.8 Å². The molecule has 0 unspecified atom stereocenters. The van der Waals surface area contributed by atoms with Gasteiger partial charge in [0.15, 0.2) is 0 Å². The fourth-order valence-corrected chi connectivity index (χ4v) is 8.34. The topological polar surface area (TPSA) is 92.3 Å². The van der Waals surface area contributed by atoms with E-state index in [1.54, 1.807) is 17.0 Å². The van der Waals surface area contributed by atoms with Crippen LogP contribution in [0.15, 0.2) is 53.4 Å². The Hall–Kier alpha value is -3.47. The van der Waals surface area contributed by atoms with Crippen LogP contribution in [0.3, 0.4) is 0 Å². The standard InChI is InChI=1S/C33H35F3N4O3S/c1-20-5-3-6-21(2)28(20)27-16-23-9-10-24(19-32(13-14-32)33(34,35)36)40(25-17-31(18-25)11-12-31)29(41)22-7-4-8-26(15-22)44(42,43)39-30(37-23)38-27/h3-8,15-16,24-25H,9-14,17-19H2,1-2H3,(H,37,38,39)/t24-/m0/s1. The van der Waals surface area contributed by atoms with Crippen molar-refractivity contribution >= 4 is 21.9 Å². The molecule has 1 amide bonds. The third-order valence-corrected chi connectivity index (χ3v) is 11.6. The van der Waals surface area contributed by atoms with Crippen molar-refractivity contribution < 1.29 is 26.4 Å². The summed E-state index contributed by atoms with van der Waals surface area (Å²) in [5, 5.41) is 0. The lowest BCUT2D eigenvalue weighted by molar-refractivity contribution is -0.193. The Morgan fingerprint density at radius 2 is 1.66 bits per heavy atom. The van der Waals surface area contributed by atoms with Crippen LogP contribution in [0.25, 0.3) is 11.3 Å². The Labute approximate surface area is 255 Å². The van der Waals surface area contributed by atoms with Gasteiger partial charge in [-0.15, -0.1) is 0 Å². The monoisotopic (exact) mass is 624 g/mol. The summed E-state index contributed by atoms with van der Waals surface area (Å²) >= 11 is 0. The molecule has 1 atom stereocenters. The van der Waals surface area contributed by atoms with E-state index in [4.69, 9.17) is 0 Å². The van der Waals surface area contributed by atoms with Gasteiger partial charge in [-0.1, -0.05) is 24.3 Å². The van der Waals surface area contributed by atoms with Gasteiger partial charge in [-0.25, -0.2) is 23.1 Å². The molecule has 1 N–H and O–H groups in total. The molecule has 11 heteroatoms. The molecule has 4 bridgehead atoms. The molecule has 0 saturated heterocycles. The number of fused-ring (bicyclic) bond motifs is 4. The molecular weight excluding hydrogens is 589 g/mol. The van der Waals surface area contributed by atoms with Crippen molar-refractivity contribution in [2.75, 3.05) is 4.72 Å². The summed E-state index contributed by atoms with van der Waals surface area (Å²) in [4.78, 5) is 24.9. The summed E-state index contributed by atoms with van der Waals surface area (Å²) in [6.07, 6.45) is -0.232. The molecule has 2 heterocycles. The van der Waals surface area contributed by atoms with Gasteiger partial charge < -0.3 is 4.90 Å². The van der Waals surface area contributed by atoms with Crippen LogP contribution in [0.4, 0.5) is 19.1 Å². The third-order valence-electron chi connectivity index (χ3n) is 10.3. The van der Waals surface area contributed by atoms with Crippen LogP contribution < -0.4 is 4.72 Å². The molecule has 0 radical (unpaired) electrons. The van der Waals surface area contributed by atoms with Crippen LogP contribution in [0, 0.1) is 24.7 Å². The fraction of sp³-hybridized carbons (Fsp3) is 0.485. The maximum atomic E-state index is 14.4. The Balaban J connectivity index is 1.36. The predicted octanol–water partition coefficient (Wildman–Crippen LogP) is 6.99. The number of carbonyl (C=O) groups excluding carboxylic acids is 1. The average Bonchev–Trinajstić information content (AvgIpc) is 3.86. The van der Waals surface area contributed by atoms with Crippen molar-refractivity contribution in [3.63, 3.8) is 0 Å². The molecule has 44 heavy (non-hydrogen) atoms. The lowest BCUT2D eigenvalue weighted by atomic mass is 9.74. The second kappa shape index (κ2) is 10.0. The summed E-state index contributed by atoms with van der Waals surface area (Å²) in [6.45, 7) is 3.89. The molecule has 4 aliphatic rings. The Bertz CT molecular complexity index is 1740. The number of carbonyl (C=O) groups is 1. The van der Waals surface area contributed by atoms with Crippen molar-refractivity contribution in [3.05, 3.63) is 70.9 Å². The second-order valence-corrected chi connectivity index (χ2v) is 15.1. The maximum Gasteiger partial charge on any atom is 0.394 e. The molecule has 3 saturated carbocycles. The van der Waals surface area contributed by atoms with Crippen LogP contribution in [-0.2, 0) is 16.4 Å². The van der Waals surface area contributed by atoms with Gasteiger partial charge in [0, 0.05) is 28.9 Å². The Kier molecular flexibility index (Phi) is 6.66. The second-order valence-electron chi connectivity index (χ2n) is 13.4. The number of halogens is 3. The van der Waals surface area contributed by atoms with Crippen molar-refractivity contribution in [2.24, 2.45) is 10.8 Å². The van der Waals surface area contributed by atoms with E-state index >= 15 is 0 Å². The van der Waals surface area contributed by atoms with E-state index in [9.17, 15) is 26.4 Å². The molecule has 7 nitrogen and oxygen atoms in total. The van der Waals surface area contributed by atoms with Gasteiger partial charge in [0.25, 0.3) is 15.9 Å². The van der Waals surface area contributed by atoms with Crippen LogP contribution in [0.1, 0.15) is 78.5 Å². The summed E-state index contributed by atoms with van der Waals surface area (Å²) < 4.78 is 72.7. The van der Waals surface area contributed by atoms with Crippen LogP contribution in [0.5, 0.6) is 0 Å². The number of alkyl halides is 3. The van der Waals surface area contributed by atoms with E-state index in [1.165, 1.54) is 18.2 Å². The van der Waals surface area contributed by atoms with Crippen LogP contribution in [-0.4, -0.2) is 47.5 Å². The highest BCUT2D eigenvalue weighted by atomic mass is 32.2. The zero-order valence-corrected chi connectivity index (χ0v) is 25.6. The van der Waals surface area contributed by atoms with E-state index in [2.05, 4.69) is 14.7 Å². The zero-order valence-electron chi connectivity index (χ0n) is 24.7. The van der Waals surface area contributed by atoms with Gasteiger partial charge in [-0.3, -0.25) is 4.79 Å². The minimum Gasteiger partial charge on any atom is -0.333 e. The van der Waals surface area contributed by atoms with E-state index in [-0.39, 0.29) is 60.0 Å². The van der Waals surface area contributed by atoms with E-state index in [0.717, 1.165) is 42.4 Å². The number of aryl methyl sites for hydroxylation is 3. The third kappa shape index (κ3) is 5.16. The lowest BCUT2D eigenvalue weighted by Crippen LogP contribution is -2.54. The molecular formula is C33H35F3N4O3S. The highest BCUT2D eigenvalue weighted by molar-refractivity contribution is 7.92. The number of sulfonamides is 1. The minimum absolute atomic E-state index is 0.0512. The maximum absolute atomic E-state index is 14.4. The smallest absolute Gasteiger partial charge is 0.333 e. The first kappa shape index (κ1) is 29.3. The zero-order chi connectivity index (χ0) is 31.1. The number of hydrogen-bond acceptors (Lipinski definition) is 5. The molecule has 1 aromatic heterocycles. The van der Waals surface area contributed by atoms with Crippen LogP contribution >= 0.6 is 0 Å². The normalized spacial score (nSPS) is 23.5. The number of rotatable bonds is 4. The van der Waals surface area contributed by atoms with Gasteiger partial charge in [0.1, 0.15) is 0 Å². The van der Waals surface area contributed by atoms with Gasteiger partial charge in [0.05, 0.1) is 16.0 Å². The number of hydrogen-bond donors (Lipinski definition) is 1.